The molecule has 2 heterocycles. The lowest BCUT2D eigenvalue weighted by Crippen LogP contribution is -2.45. The summed E-state index contributed by atoms with van der Waals surface area (Å²) in [6.45, 7) is 0.973. The number of primary amides is 1. The number of nitrogens with two attached hydrogens (primary N) is 2. The Morgan fingerprint density at radius 3 is 2.50 bits per heavy atom. The lowest BCUT2D eigenvalue weighted by Gasteiger charge is -2.31. The maximum absolute atomic E-state index is 13.9. The van der Waals surface area contributed by atoms with Crippen LogP contribution < -0.4 is 26.4 Å². The van der Waals surface area contributed by atoms with Gasteiger partial charge in [-0.1, -0.05) is 30.3 Å². The zero-order valence-electron chi connectivity index (χ0n) is 19.7. The van der Waals surface area contributed by atoms with E-state index in [1.54, 1.807) is 61.7 Å². The van der Waals surface area contributed by atoms with E-state index in [0.717, 1.165) is 24.4 Å². The summed E-state index contributed by atoms with van der Waals surface area (Å²) >= 11 is 0.761. The number of nitrogens with zero attached hydrogens (tertiary/aromatic N) is 2. The highest BCUT2D eigenvalue weighted by molar-refractivity contribution is 7.09. The van der Waals surface area contributed by atoms with Crippen LogP contribution in [0.1, 0.15) is 44.6 Å². The smallest absolute Gasteiger partial charge is 0.273 e. The Kier molecular flexibility index (Phi) is 7.81. The molecule has 0 unspecified atom stereocenters. The molecule has 0 aliphatic carbocycles. The van der Waals surface area contributed by atoms with Gasteiger partial charge in [-0.2, -0.15) is 4.37 Å². The van der Waals surface area contributed by atoms with Crippen LogP contribution in [0.5, 0.6) is 5.75 Å². The van der Waals surface area contributed by atoms with Crippen molar-refractivity contribution >= 4 is 40.6 Å². The maximum Gasteiger partial charge on any atom is 0.273 e. The van der Waals surface area contributed by atoms with Crippen molar-refractivity contribution in [2.75, 3.05) is 30.9 Å². The van der Waals surface area contributed by atoms with Gasteiger partial charge in [-0.15, -0.1) is 0 Å². The van der Waals surface area contributed by atoms with Gasteiger partial charge in [0.2, 0.25) is 5.91 Å². The Labute approximate surface area is 212 Å². The van der Waals surface area contributed by atoms with Crippen LogP contribution in [0.15, 0.2) is 54.6 Å². The molecule has 0 saturated carbocycles. The molecule has 4 rings (SSSR count). The predicted octanol–water partition coefficient (Wildman–Crippen LogP) is 2.52. The molecule has 11 heteroatoms. The van der Waals surface area contributed by atoms with Crippen molar-refractivity contribution in [1.29, 1.82) is 0 Å². The van der Waals surface area contributed by atoms with Gasteiger partial charge in [-0.3, -0.25) is 19.3 Å². The second-order valence-corrected chi connectivity index (χ2v) is 8.98. The van der Waals surface area contributed by atoms with Gasteiger partial charge in [-0.05, 0) is 54.2 Å². The Bertz CT molecular complexity index is 1230. The molecule has 3 amide bonds. The van der Waals surface area contributed by atoms with Crippen LogP contribution in [0.2, 0.25) is 0 Å². The van der Waals surface area contributed by atoms with Gasteiger partial charge in [0, 0.05) is 18.8 Å². The molecule has 1 aliphatic rings. The molecule has 5 N–H and O–H groups in total. The minimum Gasteiger partial charge on any atom is -0.497 e. The number of carbonyl (C=O) groups is 3. The van der Waals surface area contributed by atoms with Gasteiger partial charge < -0.3 is 26.3 Å². The van der Waals surface area contributed by atoms with Crippen molar-refractivity contribution in [3.8, 4) is 5.75 Å². The standard InChI is InChI=1S/C25H27N5O5S/c1-34-17-11-9-15(10-12-17)21(24(32)28-14-18-8-5-13-35-18)30(16-6-3-2-4-7-16)25(33)22-19(26)20(23(27)31)29-36-22/h2-4,6-7,9-12,18,21H,5,8,13-14,26H2,1H3,(H2,27,31)(H,28,32)/t18-,21+/m1/s1. The second-order valence-electron chi connectivity index (χ2n) is 8.20. The van der Waals surface area contributed by atoms with E-state index in [1.165, 1.54) is 4.90 Å². The van der Waals surface area contributed by atoms with E-state index in [-0.39, 0.29) is 22.4 Å². The molecule has 1 aromatic heterocycles. The van der Waals surface area contributed by atoms with Gasteiger partial charge in [0.1, 0.15) is 16.7 Å². The number of benzene rings is 2. The topological polar surface area (TPSA) is 150 Å². The Balaban J connectivity index is 1.78. The molecule has 0 spiro atoms. The summed E-state index contributed by atoms with van der Waals surface area (Å²) in [4.78, 5) is 40.7. The number of amides is 3. The second kappa shape index (κ2) is 11.2. The van der Waals surface area contributed by atoms with Crippen LogP contribution in [0.3, 0.4) is 0 Å². The summed E-state index contributed by atoms with van der Waals surface area (Å²) < 4.78 is 14.9. The average molecular weight is 510 g/mol. The van der Waals surface area contributed by atoms with Crippen LogP contribution in [0.4, 0.5) is 11.4 Å². The summed E-state index contributed by atoms with van der Waals surface area (Å²) in [6, 6.07) is 14.6. The summed E-state index contributed by atoms with van der Waals surface area (Å²) in [5.74, 6) is -1.22. The van der Waals surface area contributed by atoms with Crippen LogP contribution in [0.25, 0.3) is 0 Å². The van der Waals surface area contributed by atoms with Gasteiger partial charge in [0.25, 0.3) is 11.8 Å². The molecule has 1 fully saturated rings. The SMILES string of the molecule is COc1ccc([C@@H](C(=O)NC[C@H]2CCCO2)N(C(=O)c2snc(C(N)=O)c2N)c2ccccc2)cc1. The normalized spacial score (nSPS) is 15.8. The third-order valence-electron chi connectivity index (χ3n) is 5.87. The molecule has 2 atom stereocenters. The quantitative estimate of drug-likeness (QED) is 0.401. The lowest BCUT2D eigenvalue weighted by molar-refractivity contribution is -0.123. The van der Waals surface area contributed by atoms with Crippen molar-refractivity contribution in [3.63, 3.8) is 0 Å². The van der Waals surface area contributed by atoms with Crippen LogP contribution in [-0.4, -0.2) is 48.5 Å². The zero-order chi connectivity index (χ0) is 25.7. The molecule has 2 aromatic carbocycles. The molecule has 0 bridgehead atoms. The fourth-order valence-corrected chi connectivity index (χ4v) is 4.77. The van der Waals surface area contributed by atoms with Crippen molar-refractivity contribution in [1.82, 2.24) is 9.69 Å². The number of rotatable bonds is 9. The van der Waals surface area contributed by atoms with E-state index < -0.39 is 23.8 Å². The van der Waals surface area contributed by atoms with Gasteiger partial charge >= 0.3 is 0 Å². The number of aromatic nitrogens is 1. The third kappa shape index (κ3) is 5.31. The number of nitrogen functional groups attached to an aromatic ring is 1. The molecular formula is C25H27N5O5S. The van der Waals surface area contributed by atoms with E-state index in [0.29, 0.717) is 30.2 Å². The first-order valence-electron chi connectivity index (χ1n) is 11.4. The number of carbonyl (C=O) groups excluding carboxylic acids is 3. The maximum atomic E-state index is 13.9. The first-order valence-corrected chi connectivity index (χ1v) is 12.1. The molecule has 3 aromatic rings. The fraction of sp³-hybridized carbons (Fsp3) is 0.280. The third-order valence-corrected chi connectivity index (χ3v) is 6.73. The number of para-hydroxylation sites is 1. The van der Waals surface area contributed by atoms with Gasteiger partial charge in [-0.25, -0.2) is 0 Å². The molecule has 0 radical (unpaired) electrons. The Morgan fingerprint density at radius 1 is 1.19 bits per heavy atom. The van der Waals surface area contributed by atoms with E-state index in [9.17, 15) is 14.4 Å². The number of methoxy groups -OCH3 is 1. The average Bonchev–Trinajstić information content (AvgIpc) is 3.56. The summed E-state index contributed by atoms with van der Waals surface area (Å²) in [5.41, 5.74) is 12.1. The molecule has 1 saturated heterocycles. The van der Waals surface area contributed by atoms with E-state index >= 15 is 0 Å². The Morgan fingerprint density at radius 2 is 1.92 bits per heavy atom. The number of ether oxygens (including phenoxy) is 2. The zero-order valence-corrected chi connectivity index (χ0v) is 20.5. The van der Waals surface area contributed by atoms with Crippen LogP contribution >= 0.6 is 11.5 Å². The summed E-state index contributed by atoms with van der Waals surface area (Å²) in [7, 11) is 1.55. The molecule has 188 valence electrons. The highest BCUT2D eigenvalue weighted by Crippen LogP contribution is 2.33. The predicted molar refractivity (Wildman–Crippen MR) is 136 cm³/mol. The molecular weight excluding hydrogens is 482 g/mol. The van der Waals surface area contributed by atoms with Gasteiger partial charge in [0.05, 0.1) is 18.9 Å². The van der Waals surface area contributed by atoms with Crippen LogP contribution in [-0.2, 0) is 9.53 Å². The minimum atomic E-state index is -1.06. The fourth-order valence-electron chi connectivity index (χ4n) is 4.03. The van der Waals surface area contributed by atoms with Crippen molar-refractivity contribution in [3.05, 3.63) is 70.7 Å². The number of hydrogen-bond donors (Lipinski definition) is 3. The first-order chi connectivity index (χ1) is 17.4. The molecule has 36 heavy (non-hydrogen) atoms. The van der Waals surface area contributed by atoms with Crippen molar-refractivity contribution in [2.45, 2.75) is 25.0 Å². The Hall–Kier alpha value is -3.96. The van der Waals surface area contributed by atoms with Gasteiger partial charge in [0.15, 0.2) is 5.69 Å². The first kappa shape index (κ1) is 25.1. The largest absolute Gasteiger partial charge is 0.497 e. The highest BCUT2D eigenvalue weighted by atomic mass is 32.1. The van der Waals surface area contributed by atoms with E-state index in [4.69, 9.17) is 20.9 Å². The number of anilines is 2. The van der Waals surface area contributed by atoms with Crippen molar-refractivity contribution in [2.24, 2.45) is 5.73 Å². The lowest BCUT2D eigenvalue weighted by atomic mass is 10.0. The number of nitrogens with one attached hydrogen (secondary N) is 1. The highest BCUT2D eigenvalue weighted by Gasteiger charge is 2.36. The monoisotopic (exact) mass is 509 g/mol. The van der Waals surface area contributed by atoms with Crippen molar-refractivity contribution < 1.29 is 23.9 Å². The van der Waals surface area contributed by atoms with Crippen LogP contribution in [0, 0.1) is 0 Å². The molecule has 10 nitrogen and oxygen atoms in total. The minimum absolute atomic E-state index is 0.0121. The van der Waals surface area contributed by atoms with E-state index in [1.807, 2.05) is 0 Å². The summed E-state index contributed by atoms with van der Waals surface area (Å²) in [6.07, 6.45) is 1.70. The number of hydrogen-bond acceptors (Lipinski definition) is 8. The molecule has 1 aliphatic heterocycles. The van der Waals surface area contributed by atoms with E-state index in [2.05, 4.69) is 9.69 Å². The summed E-state index contributed by atoms with van der Waals surface area (Å²) in [5, 5.41) is 2.94.